The highest BCUT2D eigenvalue weighted by Crippen LogP contribution is 2.30. The number of hydrogen-bond acceptors (Lipinski definition) is 2. The molecular formula is C14H22O2. The zero-order valence-electron chi connectivity index (χ0n) is 10.6. The van der Waals surface area contributed by atoms with E-state index in [9.17, 15) is 0 Å². The first-order chi connectivity index (χ1) is 7.81. The SMILES string of the molecule is CCCC.CCc1ccc2c(c1)OCCO2. The van der Waals surface area contributed by atoms with Gasteiger partial charge in [-0.15, -0.1) is 0 Å². The van der Waals surface area contributed by atoms with Crippen molar-refractivity contribution in [2.75, 3.05) is 13.2 Å². The molecule has 1 aliphatic heterocycles. The molecule has 2 rings (SSSR count). The van der Waals surface area contributed by atoms with Crippen molar-refractivity contribution in [2.45, 2.75) is 40.0 Å². The molecular weight excluding hydrogens is 200 g/mol. The van der Waals surface area contributed by atoms with Gasteiger partial charge < -0.3 is 9.47 Å². The Morgan fingerprint density at radius 1 is 0.938 bits per heavy atom. The monoisotopic (exact) mass is 222 g/mol. The highest BCUT2D eigenvalue weighted by atomic mass is 16.6. The maximum absolute atomic E-state index is 5.44. The van der Waals surface area contributed by atoms with Crippen LogP contribution in [0.5, 0.6) is 11.5 Å². The predicted molar refractivity (Wildman–Crippen MR) is 67.4 cm³/mol. The van der Waals surface area contributed by atoms with Crippen molar-refractivity contribution in [2.24, 2.45) is 0 Å². The summed E-state index contributed by atoms with van der Waals surface area (Å²) in [6.07, 6.45) is 3.68. The lowest BCUT2D eigenvalue weighted by Gasteiger charge is -2.18. The number of hydrogen-bond donors (Lipinski definition) is 0. The molecule has 1 heterocycles. The van der Waals surface area contributed by atoms with E-state index < -0.39 is 0 Å². The van der Waals surface area contributed by atoms with Crippen molar-refractivity contribution >= 4 is 0 Å². The quantitative estimate of drug-likeness (QED) is 0.757. The van der Waals surface area contributed by atoms with Crippen molar-refractivity contribution < 1.29 is 9.47 Å². The average Bonchev–Trinajstić information content (AvgIpc) is 2.38. The predicted octanol–water partition coefficient (Wildman–Crippen LogP) is 3.83. The summed E-state index contributed by atoms with van der Waals surface area (Å²) in [4.78, 5) is 0. The van der Waals surface area contributed by atoms with Crippen LogP contribution in [0.3, 0.4) is 0 Å². The molecule has 0 N–H and O–H groups in total. The third kappa shape index (κ3) is 3.76. The molecule has 1 aromatic rings. The van der Waals surface area contributed by atoms with Crippen LogP contribution >= 0.6 is 0 Å². The highest BCUT2D eigenvalue weighted by Gasteiger charge is 2.10. The average molecular weight is 222 g/mol. The van der Waals surface area contributed by atoms with E-state index in [-0.39, 0.29) is 0 Å². The zero-order valence-corrected chi connectivity index (χ0v) is 10.6. The normalized spacial score (nSPS) is 12.7. The smallest absolute Gasteiger partial charge is 0.161 e. The topological polar surface area (TPSA) is 18.5 Å². The fourth-order valence-electron chi connectivity index (χ4n) is 1.31. The zero-order chi connectivity index (χ0) is 11.8. The first-order valence-electron chi connectivity index (χ1n) is 6.20. The summed E-state index contributed by atoms with van der Waals surface area (Å²) in [5.74, 6) is 1.76. The lowest BCUT2D eigenvalue weighted by Crippen LogP contribution is -2.15. The minimum Gasteiger partial charge on any atom is -0.486 e. The number of benzene rings is 1. The van der Waals surface area contributed by atoms with E-state index in [1.54, 1.807) is 0 Å². The van der Waals surface area contributed by atoms with Gasteiger partial charge in [-0.25, -0.2) is 0 Å². The third-order valence-corrected chi connectivity index (χ3v) is 2.51. The van der Waals surface area contributed by atoms with Gasteiger partial charge in [0.15, 0.2) is 11.5 Å². The molecule has 16 heavy (non-hydrogen) atoms. The van der Waals surface area contributed by atoms with Gasteiger partial charge in [-0.2, -0.15) is 0 Å². The molecule has 2 heteroatoms. The molecule has 2 nitrogen and oxygen atoms in total. The molecule has 0 saturated heterocycles. The van der Waals surface area contributed by atoms with Gasteiger partial charge in [-0.1, -0.05) is 39.7 Å². The largest absolute Gasteiger partial charge is 0.486 e. The van der Waals surface area contributed by atoms with Crippen LogP contribution in [0.25, 0.3) is 0 Å². The first kappa shape index (κ1) is 12.9. The van der Waals surface area contributed by atoms with Crippen LogP contribution in [0.4, 0.5) is 0 Å². The number of aryl methyl sites for hydroxylation is 1. The summed E-state index contributed by atoms with van der Waals surface area (Å²) in [7, 11) is 0. The lowest BCUT2D eigenvalue weighted by atomic mass is 10.1. The van der Waals surface area contributed by atoms with Crippen LogP contribution in [-0.2, 0) is 6.42 Å². The van der Waals surface area contributed by atoms with Gasteiger partial charge in [0.25, 0.3) is 0 Å². The number of ether oxygens (including phenoxy) is 2. The molecule has 0 saturated carbocycles. The Morgan fingerprint density at radius 3 is 2.12 bits per heavy atom. The van der Waals surface area contributed by atoms with Gasteiger partial charge in [0.05, 0.1) is 0 Å². The van der Waals surface area contributed by atoms with Crippen LogP contribution in [0, 0.1) is 0 Å². The standard InChI is InChI=1S/C10H12O2.C4H10/c1-2-8-3-4-9-10(7-8)12-6-5-11-9;1-3-4-2/h3-4,7H,2,5-6H2,1H3;3-4H2,1-2H3. The van der Waals surface area contributed by atoms with Crippen LogP contribution in [0.2, 0.25) is 0 Å². The molecule has 90 valence electrons. The molecule has 0 unspecified atom stereocenters. The van der Waals surface area contributed by atoms with E-state index in [4.69, 9.17) is 9.47 Å². The summed E-state index contributed by atoms with van der Waals surface area (Å²) < 4.78 is 10.8. The Balaban J connectivity index is 0.000000280. The first-order valence-corrected chi connectivity index (χ1v) is 6.20. The molecule has 0 atom stereocenters. The van der Waals surface area contributed by atoms with Gasteiger partial charge in [-0.05, 0) is 24.1 Å². The van der Waals surface area contributed by atoms with Crippen molar-refractivity contribution in [3.63, 3.8) is 0 Å². The van der Waals surface area contributed by atoms with Gasteiger partial charge >= 0.3 is 0 Å². The fourth-order valence-corrected chi connectivity index (χ4v) is 1.31. The number of rotatable bonds is 2. The molecule has 0 aromatic heterocycles. The molecule has 0 fully saturated rings. The van der Waals surface area contributed by atoms with Crippen molar-refractivity contribution in [1.29, 1.82) is 0 Å². The molecule has 0 radical (unpaired) electrons. The van der Waals surface area contributed by atoms with Crippen LogP contribution in [0.15, 0.2) is 18.2 Å². The lowest BCUT2D eigenvalue weighted by molar-refractivity contribution is 0.171. The highest BCUT2D eigenvalue weighted by molar-refractivity contribution is 5.43. The fraction of sp³-hybridized carbons (Fsp3) is 0.571. The van der Waals surface area contributed by atoms with E-state index in [1.165, 1.54) is 18.4 Å². The Bertz CT molecular complexity index is 306. The van der Waals surface area contributed by atoms with Crippen molar-refractivity contribution in [1.82, 2.24) is 0 Å². The van der Waals surface area contributed by atoms with E-state index >= 15 is 0 Å². The van der Waals surface area contributed by atoms with Gasteiger partial charge in [0.1, 0.15) is 13.2 Å². The summed E-state index contributed by atoms with van der Waals surface area (Å²) in [5, 5.41) is 0. The second-order valence-corrected chi connectivity index (χ2v) is 3.83. The Kier molecular flexibility index (Phi) is 5.76. The van der Waals surface area contributed by atoms with Crippen molar-refractivity contribution in [3.8, 4) is 11.5 Å². The van der Waals surface area contributed by atoms with E-state index in [2.05, 4.69) is 32.9 Å². The third-order valence-electron chi connectivity index (χ3n) is 2.51. The maximum Gasteiger partial charge on any atom is 0.161 e. The second-order valence-electron chi connectivity index (χ2n) is 3.83. The summed E-state index contributed by atoms with van der Waals surface area (Å²) >= 11 is 0. The number of unbranched alkanes of at least 4 members (excludes halogenated alkanes) is 1. The number of fused-ring (bicyclic) bond motifs is 1. The van der Waals surface area contributed by atoms with Gasteiger partial charge in [0.2, 0.25) is 0 Å². The van der Waals surface area contributed by atoms with Crippen LogP contribution in [0.1, 0.15) is 39.2 Å². The summed E-state index contributed by atoms with van der Waals surface area (Å²) in [5.41, 5.74) is 1.29. The molecule has 0 spiro atoms. The van der Waals surface area contributed by atoms with Gasteiger partial charge in [-0.3, -0.25) is 0 Å². The minimum absolute atomic E-state index is 0.665. The Hall–Kier alpha value is -1.18. The van der Waals surface area contributed by atoms with Crippen molar-refractivity contribution in [3.05, 3.63) is 23.8 Å². The second kappa shape index (κ2) is 7.15. The molecule has 0 aliphatic carbocycles. The maximum atomic E-state index is 5.44. The molecule has 0 amide bonds. The molecule has 1 aromatic carbocycles. The van der Waals surface area contributed by atoms with Crippen LogP contribution < -0.4 is 9.47 Å². The summed E-state index contributed by atoms with van der Waals surface area (Å²) in [6.45, 7) is 7.82. The Labute approximate surface area is 98.6 Å². The molecule has 1 aliphatic rings. The van der Waals surface area contributed by atoms with Crippen LogP contribution in [-0.4, -0.2) is 13.2 Å². The van der Waals surface area contributed by atoms with Gasteiger partial charge in [0, 0.05) is 0 Å². The van der Waals surface area contributed by atoms with E-state index in [1.807, 2.05) is 6.07 Å². The summed E-state index contributed by atoms with van der Waals surface area (Å²) in [6, 6.07) is 6.11. The van der Waals surface area contributed by atoms with E-state index in [0.29, 0.717) is 13.2 Å². The minimum atomic E-state index is 0.665. The van der Waals surface area contributed by atoms with E-state index in [0.717, 1.165) is 17.9 Å². The Morgan fingerprint density at radius 2 is 1.56 bits per heavy atom. The molecule has 0 bridgehead atoms.